The number of benzene rings is 1. The molecule has 0 heterocycles. The molecule has 0 aliphatic rings. The maximum atomic E-state index is 12.2. The van der Waals surface area contributed by atoms with E-state index in [4.69, 9.17) is 27.9 Å². The second-order valence-electron chi connectivity index (χ2n) is 3.83. The Balaban J connectivity index is 2.99. The Bertz CT molecular complexity index is 519. The van der Waals surface area contributed by atoms with E-state index in [1.165, 1.54) is 25.3 Å². The Morgan fingerprint density at radius 1 is 1.42 bits per heavy atom. The highest BCUT2D eigenvalue weighted by Crippen LogP contribution is 2.25. The summed E-state index contributed by atoms with van der Waals surface area (Å²) in [5, 5.41) is 1.10. The van der Waals surface area contributed by atoms with Crippen molar-refractivity contribution in [3.63, 3.8) is 0 Å². The summed E-state index contributed by atoms with van der Waals surface area (Å²) in [6.07, 6.45) is 0.602. The molecule has 0 radical (unpaired) electrons. The number of hydrogen-bond donors (Lipinski definition) is 1. The number of alkyl halides is 1. The van der Waals surface area contributed by atoms with Gasteiger partial charge in [-0.05, 0) is 24.6 Å². The first-order valence-electron chi connectivity index (χ1n) is 5.43. The molecular weight excluding hydrogens is 377 g/mol. The van der Waals surface area contributed by atoms with E-state index in [2.05, 4.69) is 20.7 Å². The molecule has 4 nitrogen and oxygen atoms in total. The van der Waals surface area contributed by atoms with Gasteiger partial charge >= 0.3 is 0 Å². The average Bonchev–Trinajstić information content (AvgIpc) is 2.32. The second kappa shape index (κ2) is 7.81. The van der Waals surface area contributed by atoms with Gasteiger partial charge in [-0.1, -0.05) is 39.1 Å². The summed E-state index contributed by atoms with van der Waals surface area (Å²) in [4.78, 5) is -0.0302. The monoisotopic (exact) mass is 389 g/mol. The third kappa shape index (κ3) is 5.21. The van der Waals surface area contributed by atoms with Gasteiger partial charge in [-0.15, -0.1) is 0 Å². The first-order chi connectivity index (χ1) is 8.90. The van der Waals surface area contributed by atoms with Gasteiger partial charge in [0.05, 0.1) is 11.6 Å². The maximum Gasteiger partial charge on any atom is 0.242 e. The Labute approximate surface area is 131 Å². The van der Waals surface area contributed by atoms with Crippen molar-refractivity contribution >= 4 is 49.2 Å². The predicted molar refractivity (Wildman–Crippen MR) is 80.9 cm³/mol. The molecule has 0 spiro atoms. The zero-order valence-electron chi connectivity index (χ0n) is 10.2. The molecule has 0 fully saturated rings. The summed E-state index contributed by atoms with van der Waals surface area (Å²) >= 11 is 15.0. The van der Waals surface area contributed by atoms with Gasteiger partial charge in [0.15, 0.2) is 0 Å². The van der Waals surface area contributed by atoms with Gasteiger partial charge in [0.1, 0.15) is 4.90 Å². The minimum atomic E-state index is -3.72. The van der Waals surface area contributed by atoms with Crippen LogP contribution >= 0.6 is 39.1 Å². The molecule has 108 valence electrons. The van der Waals surface area contributed by atoms with Gasteiger partial charge in [0.25, 0.3) is 0 Å². The first kappa shape index (κ1) is 17.2. The van der Waals surface area contributed by atoms with Crippen molar-refractivity contribution in [3.05, 3.63) is 28.2 Å². The number of nitrogens with one attached hydrogen (secondary N) is 1. The Morgan fingerprint density at radius 2 is 2.11 bits per heavy atom. The molecule has 1 atom stereocenters. The van der Waals surface area contributed by atoms with E-state index in [0.29, 0.717) is 16.8 Å². The van der Waals surface area contributed by atoms with Crippen molar-refractivity contribution in [3.8, 4) is 0 Å². The summed E-state index contributed by atoms with van der Waals surface area (Å²) < 4.78 is 32.0. The molecule has 19 heavy (non-hydrogen) atoms. The van der Waals surface area contributed by atoms with Gasteiger partial charge in [-0.25, -0.2) is 13.1 Å². The second-order valence-corrected chi connectivity index (χ2v) is 7.14. The fourth-order valence-corrected chi connectivity index (χ4v) is 4.05. The molecule has 1 aromatic carbocycles. The van der Waals surface area contributed by atoms with Crippen LogP contribution in [0.15, 0.2) is 23.1 Å². The molecule has 0 aliphatic carbocycles. The van der Waals surface area contributed by atoms with E-state index in [-0.39, 0.29) is 22.6 Å². The molecule has 1 rings (SSSR count). The van der Waals surface area contributed by atoms with Crippen LogP contribution in [0.1, 0.15) is 6.42 Å². The van der Waals surface area contributed by atoms with Crippen molar-refractivity contribution in [2.45, 2.75) is 17.4 Å². The zero-order chi connectivity index (χ0) is 14.5. The largest absolute Gasteiger partial charge is 0.383 e. The Hall–Kier alpha value is 0.150. The van der Waals surface area contributed by atoms with E-state index in [1.54, 1.807) is 0 Å². The Morgan fingerprint density at radius 3 is 2.68 bits per heavy atom. The third-order valence-corrected chi connectivity index (χ3v) is 5.03. The molecule has 0 saturated heterocycles. The summed E-state index contributed by atoms with van der Waals surface area (Å²) in [5.74, 6) is 0. The van der Waals surface area contributed by atoms with Crippen LogP contribution in [0.4, 0.5) is 0 Å². The van der Waals surface area contributed by atoms with Crippen molar-refractivity contribution < 1.29 is 13.2 Å². The summed E-state index contributed by atoms with van der Waals surface area (Å²) in [7, 11) is -2.21. The molecule has 1 N–H and O–H groups in total. The van der Waals surface area contributed by atoms with Gasteiger partial charge in [-0.3, -0.25) is 0 Å². The normalized spacial score (nSPS) is 13.5. The van der Waals surface area contributed by atoms with Gasteiger partial charge < -0.3 is 4.74 Å². The lowest BCUT2D eigenvalue weighted by Gasteiger charge is -2.17. The van der Waals surface area contributed by atoms with Crippen molar-refractivity contribution in [2.24, 2.45) is 0 Å². The molecule has 0 bridgehead atoms. The highest BCUT2D eigenvalue weighted by molar-refractivity contribution is 9.09. The number of rotatable bonds is 7. The molecular formula is C11H14BrCl2NO3S. The first-order valence-corrected chi connectivity index (χ1v) is 8.79. The lowest BCUT2D eigenvalue weighted by molar-refractivity contribution is 0.173. The number of hydrogen-bond acceptors (Lipinski definition) is 3. The zero-order valence-corrected chi connectivity index (χ0v) is 14.1. The van der Waals surface area contributed by atoms with Crippen LogP contribution in [0.2, 0.25) is 10.0 Å². The molecule has 0 aromatic heterocycles. The van der Waals surface area contributed by atoms with Crippen LogP contribution < -0.4 is 4.72 Å². The average molecular weight is 391 g/mol. The maximum absolute atomic E-state index is 12.2. The topological polar surface area (TPSA) is 55.4 Å². The number of ether oxygens (including phenoxy) is 1. The van der Waals surface area contributed by atoms with Gasteiger partial charge in [-0.2, -0.15) is 0 Å². The number of halogens is 3. The lowest BCUT2D eigenvalue weighted by atomic mass is 10.3. The predicted octanol–water partition coefficient (Wildman–Crippen LogP) is 3.07. The molecule has 1 unspecified atom stereocenters. The summed E-state index contributed by atoms with van der Waals surface area (Å²) in [6.45, 7) is 0.281. The van der Waals surface area contributed by atoms with Crippen molar-refractivity contribution in [2.75, 3.05) is 19.0 Å². The van der Waals surface area contributed by atoms with Crippen LogP contribution in [0.25, 0.3) is 0 Å². The summed E-state index contributed by atoms with van der Waals surface area (Å²) in [6, 6.07) is 3.98. The van der Waals surface area contributed by atoms with Crippen LogP contribution in [-0.4, -0.2) is 33.5 Å². The third-order valence-electron chi connectivity index (χ3n) is 2.33. The van der Waals surface area contributed by atoms with E-state index in [1.807, 2.05) is 0 Å². The van der Waals surface area contributed by atoms with Crippen LogP contribution in [0.5, 0.6) is 0 Å². The smallest absolute Gasteiger partial charge is 0.242 e. The van der Waals surface area contributed by atoms with Gasteiger partial charge in [0, 0.05) is 23.5 Å². The van der Waals surface area contributed by atoms with Crippen LogP contribution in [0.3, 0.4) is 0 Å². The fraction of sp³-hybridized carbons (Fsp3) is 0.455. The number of sulfonamides is 1. The fourth-order valence-electron chi connectivity index (χ4n) is 1.48. The standard InChI is InChI=1S/C11H14BrCl2NO3S/c1-18-7-9(4-5-12)15-19(16,17)11-6-8(13)2-3-10(11)14/h2-3,6,9,15H,4-5,7H2,1H3. The van der Waals surface area contributed by atoms with E-state index >= 15 is 0 Å². The molecule has 0 aliphatic heterocycles. The molecule has 1 aromatic rings. The summed E-state index contributed by atoms with van der Waals surface area (Å²) in [5.41, 5.74) is 0. The van der Waals surface area contributed by atoms with Gasteiger partial charge in [0.2, 0.25) is 10.0 Å². The minimum absolute atomic E-state index is 0.0302. The molecule has 0 saturated carbocycles. The van der Waals surface area contributed by atoms with Crippen LogP contribution in [-0.2, 0) is 14.8 Å². The highest BCUT2D eigenvalue weighted by Gasteiger charge is 2.22. The lowest BCUT2D eigenvalue weighted by Crippen LogP contribution is -2.38. The van der Waals surface area contributed by atoms with E-state index < -0.39 is 10.0 Å². The molecule has 8 heteroatoms. The molecule has 0 amide bonds. The Kier molecular flexibility index (Phi) is 7.07. The SMILES string of the molecule is COCC(CCBr)NS(=O)(=O)c1cc(Cl)ccc1Cl. The quantitative estimate of drug-likeness (QED) is 0.728. The highest BCUT2D eigenvalue weighted by atomic mass is 79.9. The minimum Gasteiger partial charge on any atom is -0.383 e. The van der Waals surface area contributed by atoms with Crippen molar-refractivity contribution in [1.82, 2.24) is 4.72 Å². The van der Waals surface area contributed by atoms with Crippen LogP contribution in [0, 0.1) is 0 Å². The van der Waals surface area contributed by atoms with Crippen molar-refractivity contribution in [1.29, 1.82) is 0 Å². The number of methoxy groups -OCH3 is 1. The van der Waals surface area contributed by atoms with E-state index in [0.717, 1.165) is 0 Å². The van der Waals surface area contributed by atoms with E-state index in [9.17, 15) is 8.42 Å².